The molecule has 8 bridgehead atoms. The van der Waals surface area contributed by atoms with E-state index in [4.69, 9.17) is 0 Å². The van der Waals surface area contributed by atoms with Crippen LogP contribution in [-0.4, -0.2) is 54.4 Å². The van der Waals surface area contributed by atoms with Crippen molar-refractivity contribution in [1.29, 1.82) is 0 Å². The molecule has 10 heteroatoms. The first-order valence-corrected chi connectivity index (χ1v) is 18.0. The van der Waals surface area contributed by atoms with Gasteiger partial charge in [-0.3, -0.25) is 0 Å². The van der Waals surface area contributed by atoms with Gasteiger partial charge in [0.1, 0.15) is 11.5 Å². The lowest BCUT2D eigenvalue weighted by Crippen LogP contribution is -2.32. The van der Waals surface area contributed by atoms with E-state index >= 15 is 0 Å². The van der Waals surface area contributed by atoms with Crippen LogP contribution in [0.1, 0.15) is 54.4 Å². The van der Waals surface area contributed by atoms with E-state index in [2.05, 4.69) is 26.7 Å². The number of carbonyl (C=O) groups is 2. The van der Waals surface area contributed by atoms with Crippen LogP contribution in [-0.2, 0) is 0 Å². The Balaban J connectivity index is 1.36. The van der Waals surface area contributed by atoms with Crippen LogP contribution >= 0.6 is 0 Å². The molecule has 2 aromatic heterocycles. The predicted octanol–water partition coefficient (Wildman–Crippen LogP) is 5.84. The van der Waals surface area contributed by atoms with Gasteiger partial charge in [-0.1, -0.05) is 60.7 Å². The molecule has 3 aliphatic rings. The Hall–Kier alpha value is -7.72. The molecule has 0 amide bonds. The van der Waals surface area contributed by atoms with E-state index in [1.165, 1.54) is 0 Å². The van der Waals surface area contributed by atoms with Crippen molar-refractivity contribution in [3.05, 3.63) is 212 Å². The minimum absolute atomic E-state index is 0.131. The van der Waals surface area contributed by atoms with Crippen LogP contribution in [0.3, 0.4) is 0 Å². The van der Waals surface area contributed by atoms with Crippen molar-refractivity contribution in [3.8, 4) is 11.5 Å². The number of rotatable bonds is 6. The number of hydrogen-bond donors (Lipinski definition) is 8. The van der Waals surface area contributed by atoms with Crippen molar-refractivity contribution in [2.45, 2.75) is 12.1 Å². The van der Waals surface area contributed by atoms with E-state index in [1.54, 1.807) is 60.7 Å². The van der Waals surface area contributed by atoms with Crippen molar-refractivity contribution in [2.24, 2.45) is 0 Å². The van der Waals surface area contributed by atoms with Crippen LogP contribution in [0.5, 0.6) is 11.5 Å². The lowest BCUT2D eigenvalue weighted by Gasteiger charge is -2.20. The maximum atomic E-state index is 12.2. The van der Waals surface area contributed by atoms with Gasteiger partial charge in [0, 0.05) is 55.8 Å². The molecule has 3 aliphatic heterocycles. The zero-order valence-corrected chi connectivity index (χ0v) is 29.6. The average molecular weight is 739 g/mol. The number of benzene rings is 4. The van der Waals surface area contributed by atoms with E-state index in [9.17, 15) is 30.0 Å². The fourth-order valence-corrected chi connectivity index (χ4v) is 7.77. The summed E-state index contributed by atoms with van der Waals surface area (Å²) in [7, 11) is 0. The second kappa shape index (κ2) is 13.6. The summed E-state index contributed by atoms with van der Waals surface area (Å²) in [6.45, 7) is 0. The van der Waals surface area contributed by atoms with Gasteiger partial charge in [0.25, 0.3) is 0 Å². The Kier molecular flexibility index (Phi) is 8.28. The molecule has 2 unspecified atom stereocenters. The number of fused-ring (bicyclic) bond motifs is 8. The maximum Gasteiger partial charge on any atom is 0.335 e. The van der Waals surface area contributed by atoms with Gasteiger partial charge >= 0.3 is 11.9 Å². The number of allylic oxidation sites excluding steroid dienone is 2. The van der Waals surface area contributed by atoms with Crippen molar-refractivity contribution in [2.75, 3.05) is 0 Å². The van der Waals surface area contributed by atoms with Gasteiger partial charge in [-0.05, 0) is 107 Å². The number of aromatic carboxylic acids is 2. The summed E-state index contributed by atoms with van der Waals surface area (Å²) < 4.78 is 0. The van der Waals surface area contributed by atoms with Gasteiger partial charge in [-0.25, -0.2) is 9.59 Å². The molecule has 0 saturated heterocycles. The number of aromatic hydroxyl groups is 2. The second-order valence-electron chi connectivity index (χ2n) is 13.8. The molecule has 5 heterocycles. The van der Waals surface area contributed by atoms with Gasteiger partial charge in [0.05, 0.1) is 23.2 Å². The molecule has 4 aromatic carbocycles. The summed E-state index contributed by atoms with van der Waals surface area (Å²) in [5.41, 5.74) is 9.79. The van der Waals surface area contributed by atoms with Crippen molar-refractivity contribution in [3.63, 3.8) is 0 Å². The van der Waals surface area contributed by atoms with Gasteiger partial charge in [-0.2, -0.15) is 0 Å². The third-order valence-electron chi connectivity index (χ3n) is 10.3. The second-order valence-corrected chi connectivity index (χ2v) is 13.8. The van der Waals surface area contributed by atoms with Crippen LogP contribution in [0, 0.1) is 0 Å². The first kappa shape index (κ1) is 34.1. The first-order chi connectivity index (χ1) is 27.2. The molecule has 0 aliphatic carbocycles. The largest absolute Gasteiger partial charge is 0.508 e. The molecule has 8 N–H and O–H groups in total. The van der Waals surface area contributed by atoms with Gasteiger partial charge in [0.15, 0.2) is 0 Å². The molecule has 9 rings (SSSR count). The lowest BCUT2D eigenvalue weighted by molar-refractivity contribution is 0.0686. The highest BCUT2D eigenvalue weighted by Crippen LogP contribution is 2.36. The Morgan fingerprint density at radius 2 is 0.946 bits per heavy atom. The van der Waals surface area contributed by atoms with E-state index in [0.717, 1.165) is 72.5 Å². The van der Waals surface area contributed by atoms with Gasteiger partial charge < -0.3 is 41.0 Å². The van der Waals surface area contributed by atoms with Crippen LogP contribution < -0.4 is 21.3 Å². The summed E-state index contributed by atoms with van der Waals surface area (Å²) >= 11 is 0. The van der Waals surface area contributed by atoms with Gasteiger partial charge in [-0.15, -0.1) is 0 Å². The Bertz CT molecular complexity index is 2840. The predicted molar refractivity (Wildman–Crippen MR) is 213 cm³/mol. The fourth-order valence-electron chi connectivity index (χ4n) is 7.77. The molecule has 56 heavy (non-hydrogen) atoms. The third-order valence-corrected chi connectivity index (χ3v) is 10.3. The number of H-pyrrole nitrogens is 2. The molecule has 6 aromatic rings. The van der Waals surface area contributed by atoms with Crippen LogP contribution in [0.25, 0.3) is 22.3 Å². The summed E-state index contributed by atoms with van der Waals surface area (Å²) in [6.07, 6.45) is 8.10. The van der Waals surface area contributed by atoms with Crippen molar-refractivity contribution < 1.29 is 30.0 Å². The SMILES string of the molecule is O=C(O)c1cccc(/C2=C3\C=CC(N3)/C(c3ccc(O)cc3)=c3/cc/c([nH]3)=C(\c3cccc(C(=O)O)c3)C3C=C/C(=C(\c4ccc(O)cc4)c4ccc2[nH]4)N3)c1. The van der Waals surface area contributed by atoms with Crippen LogP contribution in [0.4, 0.5) is 0 Å². The summed E-state index contributed by atoms with van der Waals surface area (Å²) in [6, 6.07) is 34.9. The fraction of sp³-hybridized carbons (Fsp3) is 0.0435. The average Bonchev–Trinajstić information content (AvgIpc) is 4.04. The van der Waals surface area contributed by atoms with E-state index in [0.29, 0.717) is 5.56 Å². The van der Waals surface area contributed by atoms with Crippen molar-refractivity contribution >= 4 is 34.2 Å². The van der Waals surface area contributed by atoms with Crippen molar-refractivity contribution in [1.82, 2.24) is 20.6 Å². The van der Waals surface area contributed by atoms with Gasteiger partial charge in [0.2, 0.25) is 0 Å². The molecule has 0 radical (unpaired) electrons. The number of hydrogen-bond acceptors (Lipinski definition) is 6. The molecule has 2 atom stereocenters. The monoisotopic (exact) mass is 738 g/mol. The Morgan fingerprint density at radius 3 is 1.48 bits per heavy atom. The molecule has 274 valence electrons. The topological polar surface area (TPSA) is 171 Å². The highest BCUT2D eigenvalue weighted by molar-refractivity contribution is 5.93. The molecular weight excluding hydrogens is 705 g/mol. The number of phenols is 2. The minimum atomic E-state index is -1.03. The highest BCUT2D eigenvalue weighted by atomic mass is 16.4. The molecule has 0 saturated carbocycles. The lowest BCUT2D eigenvalue weighted by atomic mass is 9.97. The quantitative estimate of drug-likeness (QED) is 0.105. The summed E-state index contributed by atoms with van der Waals surface area (Å²) in [4.78, 5) is 31.6. The summed E-state index contributed by atoms with van der Waals surface area (Å²) in [5.74, 6) is -1.79. The molecular formula is C46H34N4O6. The first-order valence-electron chi connectivity index (χ1n) is 18.0. The Labute approximate surface area is 320 Å². The number of nitrogens with one attached hydrogen (secondary N) is 4. The zero-order chi connectivity index (χ0) is 38.5. The number of phenolic OH excluding ortho intramolecular Hbond substituents is 2. The number of aromatic amines is 2. The standard InChI is InChI=1S/C46H34N4O6/c51-31-11-7-25(8-12-31)41-33-15-19-37(47-33)43(27-3-1-5-29(23-27)45(53)54)38-20-16-34(48-38)42(26-9-13-32(52)14-10-26)36-18-22-40(50-36)44(39-21-17-35(41)49-39)28-4-2-6-30(24-28)46(55)56/h1-24,33,40,47-52H,(H,53,54)(H,55,56)/b41-35-,42-36-,43-37-,44-39-. The number of aromatic nitrogens is 2. The van der Waals surface area contributed by atoms with E-state index in [1.807, 2.05) is 78.9 Å². The normalized spacial score (nSPS) is 21.8. The molecule has 0 fully saturated rings. The number of carboxylic acid groups (broad SMARTS) is 2. The maximum absolute atomic E-state index is 12.2. The Morgan fingerprint density at radius 1 is 0.482 bits per heavy atom. The zero-order valence-electron chi connectivity index (χ0n) is 29.6. The molecule has 0 spiro atoms. The highest BCUT2D eigenvalue weighted by Gasteiger charge is 2.28. The summed E-state index contributed by atoms with van der Waals surface area (Å²) in [5, 5.41) is 49.4. The third kappa shape index (κ3) is 6.14. The molecule has 10 nitrogen and oxygen atoms in total. The minimum Gasteiger partial charge on any atom is -0.508 e. The van der Waals surface area contributed by atoms with E-state index in [-0.39, 0.29) is 28.7 Å². The number of carboxylic acids is 2. The van der Waals surface area contributed by atoms with Crippen LogP contribution in [0.2, 0.25) is 0 Å². The van der Waals surface area contributed by atoms with Crippen LogP contribution in [0.15, 0.2) is 157 Å². The smallest absolute Gasteiger partial charge is 0.335 e. The van der Waals surface area contributed by atoms with E-state index < -0.39 is 18.0 Å².